The maximum absolute atomic E-state index is 12.7. The van der Waals surface area contributed by atoms with E-state index in [0.717, 1.165) is 64.5 Å². The lowest BCUT2D eigenvalue weighted by Gasteiger charge is -2.21. The highest BCUT2D eigenvalue weighted by Gasteiger charge is 2.15. The van der Waals surface area contributed by atoms with Gasteiger partial charge in [0, 0.05) is 19.4 Å². The molecular weight excluding hydrogens is 538 g/mol. The van der Waals surface area contributed by atoms with Crippen LogP contribution >= 0.6 is 0 Å². The Labute approximate surface area is 267 Å². The number of carbonyl (C=O) groups is 2. The van der Waals surface area contributed by atoms with Crippen LogP contribution in [0.5, 0.6) is 0 Å². The molecule has 0 fully saturated rings. The Hall–Kier alpha value is -1.14. The molecule has 0 rings (SSSR count). The lowest BCUT2D eigenvalue weighted by atomic mass is 10.0. The molecule has 43 heavy (non-hydrogen) atoms. The number of hydrogen-bond acceptors (Lipinski definition) is 6. The smallest absolute Gasteiger partial charge is 0.306 e. The van der Waals surface area contributed by atoms with Crippen molar-refractivity contribution >= 4 is 11.9 Å². The van der Waals surface area contributed by atoms with Gasteiger partial charge >= 0.3 is 11.9 Å². The van der Waals surface area contributed by atoms with Crippen molar-refractivity contribution in [1.82, 2.24) is 4.90 Å². The summed E-state index contributed by atoms with van der Waals surface area (Å²) in [7, 11) is 0. The first kappa shape index (κ1) is 41.9. The molecule has 0 heterocycles. The van der Waals surface area contributed by atoms with Gasteiger partial charge in [0.25, 0.3) is 0 Å². The number of aliphatic hydroxyl groups is 1. The molecule has 6 nitrogen and oxygen atoms in total. The Bertz CT molecular complexity index is 584. The third-order valence-corrected chi connectivity index (χ3v) is 8.40. The highest BCUT2D eigenvalue weighted by atomic mass is 16.5. The summed E-state index contributed by atoms with van der Waals surface area (Å²) in [6.45, 7) is 9.89. The van der Waals surface area contributed by atoms with Crippen molar-refractivity contribution in [2.75, 3.05) is 32.8 Å². The molecule has 0 saturated carbocycles. The predicted molar refractivity (Wildman–Crippen MR) is 181 cm³/mol. The Balaban J connectivity index is 4.11. The molecule has 0 aromatic heterocycles. The van der Waals surface area contributed by atoms with Crippen molar-refractivity contribution in [1.29, 1.82) is 0 Å². The van der Waals surface area contributed by atoms with E-state index in [1.807, 2.05) is 6.92 Å². The summed E-state index contributed by atoms with van der Waals surface area (Å²) < 4.78 is 11.1. The van der Waals surface area contributed by atoms with Crippen molar-refractivity contribution in [3.8, 4) is 0 Å². The fourth-order valence-electron chi connectivity index (χ4n) is 5.67. The number of carbonyl (C=O) groups excluding carboxylic acids is 2. The maximum atomic E-state index is 12.7. The monoisotopic (exact) mass is 612 g/mol. The van der Waals surface area contributed by atoms with Gasteiger partial charge in [0.2, 0.25) is 0 Å². The summed E-state index contributed by atoms with van der Waals surface area (Å²) in [5, 5.41) is 9.50. The second-order valence-corrected chi connectivity index (χ2v) is 12.7. The molecule has 0 amide bonds. The Morgan fingerprint density at radius 1 is 0.535 bits per heavy atom. The van der Waals surface area contributed by atoms with Gasteiger partial charge in [-0.3, -0.25) is 9.59 Å². The van der Waals surface area contributed by atoms with Crippen LogP contribution in [0.4, 0.5) is 0 Å². The minimum absolute atomic E-state index is 0.0199. The Kier molecular flexibility index (Phi) is 32.9. The third kappa shape index (κ3) is 30.7. The average molecular weight is 612 g/mol. The van der Waals surface area contributed by atoms with Crippen molar-refractivity contribution in [3.63, 3.8) is 0 Å². The summed E-state index contributed by atoms with van der Waals surface area (Å²) in [5.41, 5.74) is 0. The number of aliphatic hydroxyl groups excluding tert-OH is 1. The number of esters is 2. The molecule has 0 unspecified atom stereocenters. The van der Waals surface area contributed by atoms with Crippen molar-refractivity contribution in [2.45, 2.75) is 194 Å². The first-order valence-corrected chi connectivity index (χ1v) is 18.8. The van der Waals surface area contributed by atoms with E-state index in [-0.39, 0.29) is 24.6 Å². The van der Waals surface area contributed by atoms with Gasteiger partial charge in [0.1, 0.15) is 6.10 Å². The van der Waals surface area contributed by atoms with Gasteiger partial charge in [-0.1, -0.05) is 117 Å². The molecular formula is C37H73NO5. The highest BCUT2D eigenvalue weighted by molar-refractivity contribution is 5.69. The van der Waals surface area contributed by atoms with Gasteiger partial charge in [-0.2, -0.15) is 0 Å². The van der Waals surface area contributed by atoms with Crippen LogP contribution < -0.4 is 0 Å². The van der Waals surface area contributed by atoms with Gasteiger partial charge in [-0.25, -0.2) is 0 Å². The van der Waals surface area contributed by atoms with Crippen LogP contribution in [0.2, 0.25) is 0 Å². The maximum Gasteiger partial charge on any atom is 0.306 e. The summed E-state index contributed by atoms with van der Waals surface area (Å²) in [4.78, 5) is 26.6. The van der Waals surface area contributed by atoms with Crippen LogP contribution in [-0.2, 0) is 19.1 Å². The van der Waals surface area contributed by atoms with E-state index >= 15 is 0 Å². The molecule has 0 atom stereocenters. The zero-order valence-corrected chi connectivity index (χ0v) is 29.0. The standard InChI is InChI=1S/C37H73NO5/c1-4-7-9-11-16-20-26-35(27-21-17-12-10-8-5-2)43-37(41)29-23-25-31-38(32-33-39)30-24-19-15-13-14-18-22-28-36(40)42-34-6-3/h35,39H,4-34H2,1-3H3. The number of nitrogens with zero attached hydrogens (tertiary/aromatic N) is 1. The van der Waals surface area contributed by atoms with Crippen LogP contribution in [0.3, 0.4) is 0 Å². The molecule has 6 heteroatoms. The van der Waals surface area contributed by atoms with Crippen molar-refractivity contribution < 1.29 is 24.2 Å². The molecule has 0 bridgehead atoms. The van der Waals surface area contributed by atoms with Gasteiger partial charge < -0.3 is 19.5 Å². The summed E-state index contributed by atoms with van der Waals surface area (Å²) >= 11 is 0. The Morgan fingerprint density at radius 3 is 1.51 bits per heavy atom. The topological polar surface area (TPSA) is 76.1 Å². The molecule has 0 aromatic carbocycles. The Morgan fingerprint density at radius 2 is 0.977 bits per heavy atom. The van der Waals surface area contributed by atoms with Crippen LogP contribution in [0.1, 0.15) is 188 Å². The number of unbranched alkanes of at least 4 members (excludes halogenated alkanes) is 17. The predicted octanol–water partition coefficient (Wildman–Crippen LogP) is 9.94. The van der Waals surface area contributed by atoms with E-state index < -0.39 is 0 Å². The van der Waals surface area contributed by atoms with Gasteiger partial charge in [0.15, 0.2) is 0 Å². The summed E-state index contributed by atoms with van der Waals surface area (Å²) in [5.74, 6) is -0.0765. The normalized spacial score (nSPS) is 11.5. The molecule has 256 valence electrons. The van der Waals surface area contributed by atoms with E-state index in [4.69, 9.17) is 9.47 Å². The van der Waals surface area contributed by atoms with E-state index in [9.17, 15) is 14.7 Å². The zero-order valence-electron chi connectivity index (χ0n) is 29.0. The average Bonchev–Trinajstić information content (AvgIpc) is 3.00. The molecule has 0 aromatic rings. The van der Waals surface area contributed by atoms with Gasteiger partial charge in [0.05, 0.1) is 13.2 Å². The van der Waals surface area contributed by atoms with Crippen LogP contribution in [-0.4, -0.2) is 60.9 Å². The van der Waals surface area contributed by atoms with E-state index in [0.29, 0.717) is 26.0 Å². The molecule has 1 N–H and O–H groups in total. The fraction of sp³-hybridized carbons (Fsp3) is 0.946. The van der Waals surface area contributed by atoms with E-state index in [1.165, 1.54) is 103 Å². The van der Waals surface area contributed by atoms with Crippen LogP contribution in [0, 0.1) is 0 Å². The third-order valence-electron chi connectivity index (χ3n) is 8.40. The van der Waals surface area contributed by atoms with E-state index in [1.54, 1.807) is 0 Å². The van der Waals surface area contributed by atoms with Crippen LogP contribution in [0.25, 0.3) is 0 Å². The van der Waals surface area contributed by atoms with Crippen molar-refractivity contribution in [3.05, 3.63) is 0 Å². The lowest BCUT2D eigenvalue weighted by molar-refractivity contribution is -0.150. The summed E-state index contributed by atoms with van der Waals surface area (Å²) in [6.07, 6.45) is 29.2. The molecule has 0 aliphatic heterocycles. The number of rotatable bonds is 34. The summed E-state index contributed by atoms with van der Waals surface area (Å²) in [6, 6.07) is 0. The number of ether oxygens (including phenoxy) is 2. The molecule has 0 spiro atoms. The first-order chi connectivity index (χ1) is 21.1. The number of hydrogen-bond donors (Lipinski definition) is 1. The SMILES string of the molecule is CCCCCCCCC(CCCCCCCC)OC(=O)CCCCN(CCO)CCCCCCCCCC(=O)OCCC. The highest BCUT2D eigenvalue weighted by Crippen LogP contribution is 2.18. The molecule has 0 aliphatic rings. The van der Waals surface area contributed by atoms with E-state index in [2.05, 4.69) is 18.7 Å². The minimum atomic E-state index is -0.0566. The quantitative estimate of drug-likeness (QED) is 0.0576. The lowest BCUT2D eigenvalue weighted by Crippen LogP contribution is -2.29. The fourth-order valence-corrected chi connectivity index (χ4v) is 5.67. The first-order valence-electron chi connectivity index (χ1n) is 18.8. The van der Waals surface area contributed by atoms with Crippen molar-refractivity contribution in [2.24, 2.45) is 0 Å². The zero-order chi connectivity index (χ0) is 31.6. The molecule has 0 saturated heterocycles. The molecule has 0 radical (unpaired) electrons. The van der Waals surface area contributed by atoms with Gasteiger partial charge in [-0.05, 0) is 70.9 Å². The second-order valence-electron chi connectivity index (χ2n) is 12.7. The molecule has 0 aliphatic carbocycles. The largest absolute Gasteiger partial charge is 0.466 e. The second kappa shape index (κ2) is 33.7. The van der Waals surface area contributed by atoms with Crippen LogP contribution in [0.15, 0.2) is 0 Å². The van der Waals surface area contributed by atoms with Gasteiger partial charge in [-0.15, -0.1) is 0 Å². The minimum Gasteiger partial charge on any atom is -0.466 e.